The van der Waals surface area contributed by atoms with Gasteiger partial charge in [0.1, 0.15) is 17.2 Å². The number of rotatable bonds is 6. The number of ether oxygens (including phenoxy) is 1. The van der Waals surface area contributed by atoms with E-state index in [1.54, 1.807) is 0 Å². The fourth-order valence-corrected chi connectivity index (χ4v) is 1.61. The molecule has 1 aliphatic heterocycles. The van der Waals surface area contributed by atoms with Gasteiger partial charge in [0.2, 0.25) is 4.91 Å². The number of hydrogen-bond donors (Lipinski definition) is 2. The maximum atomic E-state index is 10.7. The molecule has 8 heteroatoms. The van der Waals surface area contributed by atoms with Crippen LogP contribution < -0.4 is 4.91 Å². The molecule has 0 unspecified atom stereocenters. The second-order valence-corrected chi connectivity index (χ2v) is 3.69. The van der Waals surface area contributed by atoms with E-state index in [1.807, 2.05) is 0 Å². The van der Waals surface area contributed by atoms with Crippen molar-refractivity contribution in [2.24, 2.45) is 5.11 Å². The van der Waals surface area contributed by atoms with Crippen molar-refractivity contribution in [3.05, 3.63) is 0 Å². The normalized spacial score (nSPS) is 16.6. The summed E-state index contributed by atoms with van der Waals surface area (Å²) in [6.45, 7) is 4.90. The van der Waals surface area contributed by atoms with Gasteiger partial charge in [0, 0.05) is 32.7 Å². The molecule has 1 rings (SSSR count). The fraction of sp³-hybridized carbons (Fsp3) is 0.889. The van der Waals surface area contributed by atoms with Crippen LogP contribution in [0.5, 0.6) is 0 Å². The molecule has 0 saturated carbocycles. The highest BCUT2D eigenvalue weighted by Gasteiger charge is 2.19. The van der Waals surface area contributed by atoms with E-state index >= 15 is 0 Å². The highest BCUT2D eigenvalue weighted by Crippen LogP contribution is 2.01. The minimum absolute atomic E-state index is 0.413. The molecule has 17 heavy (non-hydrogen) atoms. The Kier molecular flexibility index (Phi) is 6.16. The monoisotopic (exact) mass is 244 g/mol. The minimum Gasteiger partial charge on any atom is -0.465 e. The molecule has 0 bridgehead atoms. The molecule has 1 fully saturated rings. The van der Waals surface area contributed by atoms with E-state index in [9.17, 15) is 4.79 Å². The average molecular weight is 244 g/mol. The predicted octanol–water partition coefficient (Wildman–Crippen LogP) is -0.151. The molecule has 2 N–H and O–H groups in total. The SMILES string of the molecule is N=[N+]=NCCOCCN1CCN(C(=O)O)CC1. The molecular weight excluding hydrogens is 226 g/mol. The Labute approximate surface area is 99.4 Å². The smallest absolute Gasteiger partial charge is 0.407 e. The van der Waals surface area contributed by atoms with Gasteiger partial charge >= 0.3 is 6.09 Å². The summed E-state index contributed by atoms with van der Waals surface area (Å²) in [6, 6.07) is 0. The number of nitrogens with one attached hydrogen (secondary N) is 1. The van der Waals surface area contributed by atoms with E-state index in [2.05, 4.69) is 14.9 Å². The van der Waals surface area contributed by atoms with Crippen molar-refractivity contribution < 1.29 is 14.6 Å². The molecule has 1 aliphatic rings. The van der Waals surface area contributed by atoms with Crippen LogP contribution in [0, 0.1) is 5.53 Å². The molecule has 96 valence electrons. The second-order valence-electron chi connectivity index (χ2n) is 3.69. The first-order valence-corrected chi connectivity index (χ1v) is 5.55. The van der Waals surface area contributed by atoms with Crippen molar-refractivity contribution in [1.82, 2.24) is 14.7 Å². The lowest BCUT2D eigenvalue weighted by Crippen LogP contribution is -2.49. The Morgan fingerprint density at radius 1 is 1.35 bits per heavy atom. The van der Waals surface area contributed by atoms with Crippen molar-refractivity contribution in [2.45, 2.75) is 0 Å². The van der Waals surface area contributed by atoms with Crippen LogP contribution in [0.2, 0.25) is 0 Å². The van der Waals surface area contributed by atoms with Gasteiger partial charge in [-0.1, -0.05) is 0 Å². The van der Waals surface area contributed by atoms with Crippen LogP contribution in [0.3, 0.4) is 0 Å². The molecule has 1 amide bonds. The Hall–Kier alpha value is -1.50. The fourth-order valence-electron chi connectivity index (χ4n) is 1.61. The summed E-state index contributed by atoms with van der Waals surface area (Å²) in [5.74, 6) is 0. The summed E-state index contributed by atoms with van der Waals surface area (Å²) in [7, 11) is 0. The van der Waals surface area contributed by atoms with Crippen molar-refractivity contribution in [3.63, 3.8) is 0 Å². The second kappa shape index (κ2) is 7.72. The number of amides is 1. The lowest BCUT2D eigenvalue weighted by atomic mass is 10.3. The number of piperazine rings is 1. The van der Waals surface area contributed by atoms with Crippen LogP contribution >= 0.6 is 0 Å². The maximum Gasteiger partial charge on any atom is 0.407 e. The van der Waals surface area contributed by atoms with E-state index in [4.69, 9.17) is 15.4 Å². The molecule has 0 radical (unpaired) electrons. The lowest BCUT2D eigenvalue weighted by Gasteiger charge is -2.32. The summed E-state index contributed by atoms with van der Waals surface area (Å²) in [5.41, 5.74) is 6.44. The molecule has 0 spiro atoms. The van der Waals surface area contributed by atoms with Crippen molar-refractivity contribution >= 4 is 6.09 Å². The topological polar surface area (TPSA) is 103 Å². The molecule has 8 nitrogen and oxygen atoms in total. The summed E-state index contributed by atoms with van der Waals surface area (Å²) >= 11 is 0. The average Bonchev–Trinajstić information content (AvgIpc) is 2.34. The molecule has 1 saturated heterocycles. The van der Waals surface area contributed by atoms with E-state index < -0.39 is 6.09 Å². The van der Waals surface area contributed by atoms with E-state index in [-0.39, 0.29) is 0 Å². The van der Waals surface area contributed by atoms with Crippen molar-refractivity contribution in [2.75, 3.05) is 52.5 Å². The largest absolute Gasteiger partial charge is 0.465 e. The van der Waals surface area contributed by atoms with Crippen molar-refractivity contribution in [3.8, 4) is 0 Å². The van der Waals surface area contributed by atoms with Crippen molar-refractivity contribution in [1.29, 1.82) is 5.53 Å². The first-order valence-electron chi connectivity index (χ1n) is 5.55. The molecule has 0 aromatic heterocycles. The van der Waals surface area contributed by atoms with Gasteiger partial charge in [-0.2, -0.15) is 0 Å². The summed E-state index contributed by atoms with van der Waals surface area (Å²) in [5, 5.41) is 12.2. The van der Waals surface area contributed by atoms with Gasteiger partial charge in [0.25, 0.3) is 0 Å². The summed E-state index contributed by atoms with van der Waals surface area (Å²) in [6.07, 6.45) is -0.846. The Bertz CT molecular complexity index is 284. The zero-order chi connectivity index (χ0) is 12.5. The van der Waals surface area contributed by atoms with Crippen LogP contribution in [-0.4, -0.2) is 73.5 Å². The Morgan fingerprint density at radius 3 is 2.65 bits per heavy atom. The number of carbonyl (C=O) groups is 1. The van der Waals surface area contributed by atoms with Crippen LogP contribution in [0.15, 0.2) is 5.11 Å². The Balaban J connectivity index is 2.02. The van der Waals surface area contributed by atoms with Gasteiger partial charge in [-0.15, -0.1) is 0 Å². The third kappa shape index (κ3) is 5.39. The Morgan fingerprint density at radius 2 is 2.06 bits per heavy atom. The molecule has 0 aromatic carbocycles. The quantitative estimate of drug-likeness (QED) is 0.385. The minimum atomic E-state index is -0.846. The predicted molar refractivity (Wildman–Crippen MR) is 59.0 cm³/mol. The van der Waals surface area contributed by atoms with E-state index in [1.165, 1.54) is 4.90 Å². The van der Waals surface area contributed by atoms with Crippen LogP contribution in [-0.2, 0) is 4.74 Å². The highest BCUT2D eigenvalue weighted by molar-refractivity contribution is 5.65. The van der Waals surface area contributed by atoms with Crippen LogP contribution in [0.1, 0.15) is 0 Å². The van der Waals surface area contributed by atoms with Gasteiger partial charge in [-0.05, 0) is 0 Å². The van der Waals surface area contributed by atoms with Crippen LogP contribution in [0.25, 0.3) is 0 Å². The van der Waals surface area contributed by atoms with E-state index in [0.717, 1.165) is 19.6 Å². The third-order valence-corrected chi connectivity index (χ3v) is 2.60. The molecule has 1 heterocycles. The molecule has 0 aromatic rings. The van der Waals surface area contributed by atoms with Gasteiger partial charge in [-0.3, -0.25) is 4.90 Å². The number of nitrogens with zero attached hydrogens (tertiary/aromatic N) is 4. The molecular formula is C9H18N5O3+. The highest BCUT2D eigenvalue weighted by atomic mass is 16.5. The summed E-state index contributed by atoms with van der Waals surface area (Å²) < 4.78 is 5.30. The summed E-state index contributed by atoms with van der Waals surface area (Å²) in [4.78, 5) is 17.1. The molecule has 0 aliphatic carbocycles. The van der Waals surface area contributed by atoms with E-state index in [0.29, 0.717) is 32.8 Å². The first kappa shape index (κ1) is 13.6. The van der Waals surface area contributed by atoms with Gasteiger partial charge in [-0.25, -0.2) is 4.79 Å². The van der Waals surface area contributed by atoms with Gasteiger partial charge in [0.05, 0.1) is 13.2 Å². The maximum absolute atomic E-state index is 10.7. The lowest BCUT2D eigenvalue weighted by molar-refractivity contribution is 0.0748. The van der Waals surface area contributed by atoms with Gasteiger partial charge in [0.15, 0.2) is 0 Å². The zero-order valence-corrected chi connectivity index (χ0v) is 9.71. The number of carboxylic acid groups (broad SMARTS) is 1. The zero-order valence-electron chi connectivity index (χ0n) is 9.71. The molecule has 0 atom stereocenters. The first-order chi connectivity index (χ1) is 8.24. The van der Waals surface area contributed by atoms with Gasteiger partial charge < -0.3 is 14.7 Å². The number of hydrogen-bond acceptors (Lipinski definition) is 5. The third-order valence-electron chi connectivity index (χ3n) is 2.60. The van der Waals surface area contributed by atoms with Crippen LogP contribution in [0.4, 0.5) is 4.79 Å². The standard InChI is InChI=1S/C9H17N5O3/c10-12-11-1-7-17-8-6-13-2-4-14(5-3-13)9(15)16/h10H,1-8H2/p+1.